The van der Waals surface area contributed by atoms with Gasteiger partial charge in [0.2, 0.25) is 0 Å². The number of fused-ring (bicyclic) bond motifs is 1. The average molecular weight is 494 g/mol. The predicted molar refractivity (Wildman–Crippen MR) is 123 cm³/mol. The second-order valence-electron chi connectivity index (χ2n) is 10.2. The van der Waals surface area contributed by atoms with Crippen molar-refractivity contribution in [2.75, 3.05) is 19.3 Å². The van der Waals surface area contributed by atoms with E-state index >= 15 is 0 Å². The zero-order valence-corrected chi connectivity index (χ0v) is 20.7. The summed E-state index contributed by atoms with van der Waals surface area (Å²) in [6.07, 6.45) is 0.335. The van der Waals surface area contributed by atoms with Gasteiger partial charge >= 0.3 is 6.09 Å². The zero-order valence-electron chi connectivity index (χ0n) is 19.8. The Bertz CT molecular complexity index is 1170. The highest BCUT2D eigenvalue weighted by Gasteiger charge is 2.60. The topological polar surface area (TPSA) is 72.9 Å². The third-order valence-electron chi connectivity index (χ3n) is 6.37. The highest BCUT2D eigenvalue weighted by atomic mass is 32.2. The van der Waals surface area contributed by atoms with Gasteiger partial charge in [-0.05, 0) is 74.9 Å². The van der Waals surface area contributed by atoms with Crippen LogP contribution in [0.5, 0.6) is 5.75 Å². The van der Waals surface area contributed by atoms with E-state index in [1.54, 1.807) is 11.8 Å². The molecule has 6 nitrogen and oxygen atoms in total. The third-order valence-corrected chi connectivity index (χ3v) is 7.50. The Morgan fingerprint density at radius 2 is 1.56 bits per heavy atom. The van der Waals surface area contributed by atoms with E-state index in [-0.39, 0.29) is 34.3 Å². The number of carbonyl (C=O) groups excluding carboxylic acids is 1. The van der Waals surface area contributed by atoms with Crippen molar-refractivity contribution in [1.29, 1.82) is 0 Å². The molecular weight excluding hydrogens is 464 g/mol. The summed E-state index contributed by atoms with van der Waals surface area (Å²) in [6, 6.07) is 8.18. The molecule has 0 radical (unpaired) electrons. The van der Waals surface area contributed by atoms with Crippen molar-refractivity contribution >= 4 is 15.9 Å². The summed E-state index contributed by atoms with van der Waals surface area (Å²) in [5.74, 6) is -1.52. The van der Waals surface area contributed by atoms with Crippen LogP contribution >= 0.6 is 0 Å². The van der Waals surface area contributed by atoms with Crippen LogP contribution in [-0.4, -0.2) is 50.5 Å². The van der Waals surface area contributed by atoms with Gasteiger partial charge in [0.15, 0.2) is 27.2 Å². The quantitative estimate of drug-likeness (QED) is 0.592. The van der Waals surface area contributed by atoms with E-state index < -0.39 is 38.9 Å². The van der Waals surface area contributed by atoms with Gasteiger partial charge in [-0.15, -0.1) is 0 Å². The van der Waals surface area contributed by atoms with E-state index in [0.717, 1.165) is 6.26 Å². The van der Waals surface area contributed by atoms with Crippen molar-refractivity contribution in [3.63, 3.8) is 0 Å². The first-order chi connectivity index (χ1) is 15.7. The lowest BCUT2D eigenvalue weighted by Gasteiger charge is -2.26. The number of halogens is 2. The fraction of sp³-hybridized carbons (Fsp3) is 0.480. The highest BCUT2D eigenvalue weighted by molar-refractivity contribution is 7.90. The number of amides is 1. The number of carbonyl (C=O) groups is 1. The average Bonchev–Trinajstić information content (AvgIpc) is 3.22. The summed E-state index contributed by atoms with van der Waals surface area (Å²) in [5.41, 5.74) is 0.214. The minimum atomic E-state index is -3.36. The molecular formula is C25H29F2NO5S. The summed E-state index contributed by atoms with van der Waals surface area (Å²) in [5, 5.41) is 0. The van der Waals surface area contributed by atoms with Gasteiger partial charge in [0.25, 0.3) is 0 Å². The number of piperidine rings is 1. The SMILES string of the molecule is C[C@@H](Oc1c(F)cc(-c2ccc(S(C)(=O)=O)cc2)cc1F)C1C2CN(C(=O)OC(C)(C)C)CC21. The number of likely N-dealkylation sites (tertiary alicyclic amines) is 1. The number of nitrogens with zero attached hydrogens (tertiary/aromatic N) is 1. The van der Waals surface area contributed by atoms with Crippen LogP contribution in [0, 0.1) is 29.4 Å². The van der Waals surface area contributed by atoms with Crippen LogP contribution in [0.25, 0.3) is 11.1 Å². The van der Waals surface area contributed by atoms with Crippen LogP contribution in [0.2, 0.25) is 0 Å². The smallest absolute Gasteiger partial charge is 0.410 e. The van der Waals surface area contributed by atoms with Crippen LogP contribution in [-0.2, 0) is 14.6 Å². The molecule has 9 heteroatoms. The van der Waals surface area contributed by atoms with E-state index in [9.17, 15) is 22.0 Å². The molecule has 4 rings (SSSR count). The Morgan fingerprint density at radius 1 is 1.03 bits per heavy atom. The number of hydrogen-bond donors (Lipinski definition) is 0. The zero-order chi connectivity index (χ0) is 25.0. The van der Waals surface area contributed by atoms with Gasteiger partial charge in [-0.3, -0.25) is 0 Å². The molecule has 0 N–H and O–H groups in total. The van der Waals surface area contributed by atoms with Crippen molar-refractivity contribution in [3.05, 3.63) is 48.0 Å². The number of sulfone groups is 1. The second kappa shape index (κ2) is 8.52. The molecule has 2 unspecified atom stereocenters. The Labute approximate surface area is 198 Å². The van der Waals surface area contributed by atoms with Gasteiger partial charge in [-0.25, -0.2) is 22.0 Å². The van der Waals surface area contributed by atoms with Gasteiger partial charge in [-0.1, -0.05) is 12.1 Å². The molecule has 0 spiro atoms. The first kappa shape index (κ1) is 24.4. The molecule has 0 aromatic heterocycles. The third kappa shape index (κ3) is 5.04. The molecule has 1 aliphatic heterocycles. The van der Waals surface area contributed by atoms with Gasteiger partial charge in [0, 0.05) is 25.3 Å². The lowest BCUT2D eigenvalue weighted by Crippen LogP contribution is -2.38. The lowest BCUT2D eigenvalue weighted by molar-refractivity contribution is 0.0250. The Balaban J connectivity index is 1.40. The molecule has 1 aliphatic carbocycles. The number of ether oxygens (including phenoxy) is 2. The normalized spacial score (nSPS) is 22.8. The van der Waals surface area contributed by atoms with E-state index in [1.807, 2.05) is 20.8 Å². The molecule has 184 valence electrons. The second-order valence-corrected chi connectivity index (χ2v) is 12.2. The molecule has 0 bridgehead atoms. The maximum atomic E-state index is 14.8. The fourth-order valence-corrected chi connectivity index (χ4v) is 5.37. The molecule has 34 heavy (non-hydrogen) atoms. The monoisotopic (exact) mass is 493 g/mol. The molecule has 1 amide bonds. The van der Waals surface area contributed by atoms with Gasteiger partial charge in [-0.2, -0.15) is 0 Å². The summed E-state index contributed by atoms with van der Waals surface area (Å²) in [4.78, 5) is 14.0. The summed E-state index contributed by atoms with van der Waals surface area (Å²) < 4.78 is 63.9. The first-order valence-electron chi connectivity index (χ1n) is 11.2. The van der Waals surface area contributed by atoms with E-state index in [4.69, 9.17) is 9.47 Å². The van der Waals surface area contributed by atoms with Gasteiger partial charge in [0.1, 0.15) is 5.60 Å². The molecule has 3 atom stereocenters. The first-order valence-corrected chi connectivity index (χ1v) is 13.1. The maximum Gasteiger partial charge on any atom is 0.410 e. The van der Waals surface area contributed by atoms with E-state index in [2.05, 4.69) is 0 Å². The maximum absolute atomic E-state index is 14.8. The molecule has 1 saturated heterocycles. The number of benzene rings is 2. The van der Waals surface area contributed by atoms with E-state index in [0.29, 0.717) is 18.7 Å². The number of hydrogen-bond acceptors (Lipinski definition) is 5. The van der Waals surface area contributed by atoms with Crippen molar-refractivity contribution in [1.82, 2.24) is 4.90 Å². The molecule has 2 aromatic rings. The largest absolute Gasteiger partial charge is 0.484 e. The van der Waals surface area contributed by atoms with Crippen LogP contribution in [0.4, 0.5) is 13.6 Å². The standard InChI is InChI=1S/C25H29F2NO5S/c1-14(22-18-12-28(13-19(18)22)24(29)33-25(2,3)4)32-23-20(26)10-16(11-21(23)27)15-6-8-17(9-7-15)34(5,30)31/h6-11,14,18-19,22H,12-13H2,1-5H3/t14-,18?,19?,22?/m1/s1. The van der Waals surface area contributed by atoms with E-state index in [1.165, 1.54) is 36.4 Å². The predicted octanol–water partition coefficient (Wildman–Crippen LogP) is 4.92. The van der Waals surface area contributed by atoms with Gasteiger partial charge < -0.3 is 14.4 Å². The van der Waals surface area contributed by atoms with Crippen LogP contribution in [0.1, 0.15) is 27.7 Å². The molecule has 2 aliphatic rings. The summed E-state index contributed by atoms with van der Waals surface area (Å²) >= 11 is 0. The van der Waals surface area contributed by atoms with Crippen LogP contribution < -0.4 is 4.74 Å². The Hall–Kier alpha value is -2.68. The van der Waals surface area contributed by atoms with Crippen molar-refractivity contribution in [2.45, 2.75) is 44.3 Å². The minimum absolute atomic E-state index is 0.112. The lowest BCUT2D eigenvalue weighted by atomic mass is 10.1. The summed E-state index contributed by atoms with van der Waals surface area (Å²) in [7, 11) is -3.36. The van der Waals surface area contributed by atoms with Crippen LogP contribution in [0.3, 0.4) is 0 Å². The number of rotatable bonds is 5. The highest BCUT2D eigenvalue weighted by Crippen LogP contribution is 2.54. The Kier molecular flexibility index (Phi) is 6.12. The molecule has 1 saturated carbocycles. The minimum Gasteiger partial charge on any atom is -0.484 e. The summed E-state index contributed by atoms with van der Waals surface area (Å²) in [6.45, 7) is 8.34. The van der Waals surface area contributed by atoms with Gasteiger partial charge in [0.05, 0.1) is 11.0 Å². The molecule has 2 fully saturated rings. The Morgan fingerprint density at radius 3 is 2.03 bits per heavy atom. The van der Waals surface area contributed by atoms with Crippen molar-refractivity contribution < 1.29 is 31.5 Å². The van der Waals surface area contributed by atoms with Crippen molar-refractivity contribution in [3.8, 4) is 16.9 Å². The van der Waals surface area contributed by atoms with Crippen LogP contribution in [0.15, 0.2) is 41.3 Å². The molecule has 2 aromatic carbocycles. The van der Waals surface area contributed by atoms with Crippen molar-refractivity contribution in [2.24, 2.45) is 17.8 Å². The molecule has 1 heterocycles. The fourth-order valence-electron chi connectivity index (χ4n) is 4.74.